The maximum absolute atomic E-state index is 15.2. The first-order valence-corrected chi connectivity index (χ1v) is 39.4. The fraction of sp³-hybridized carbons (Fsp3) is 0.494. The summed E-state index contributed by atoms with van der Waals surface area (Å²) in [5.41, 5.74) is 13.3. The number of hydrogen-bond donors (Lipinski definition) is 22. The SMILES string of the molecule is CCCCCCCCCC(=O)N[C@@H](Cc1c[nH]c2ccccc12)C(=O)N[C@H](CC(N)=O)C(=O)N[C@@H](CC(=O)O)C(=O)N[C@@H]1C(=O)NCC(=O)N[C@@H](CCCN)C(=O)N[C@@H](CC(=O)O)C(=O)N[C@H](C)C(=O)N[C@@H](CC(=O)O)C(=O)NCC(=O)N[C@H](CO)C(=O)N[C@@H]([C@H](C)CC(=O)O)C(=O)N[C@@H](CC(=O)c2ccccc2NCc2ccccc2)C(=O)O[C@@H]1C. The topological polar surface area (TPSA) is 688 Å². The number of anilines is 1. The van der Waals surface area contributed by atoms with Gasteiger partial charge in [0.1, 0.15) is 72.6 Å². The summed E-state index contributed by atoms with van der Waals surface area (Å²) in [6, 6.07) is -1.32. The van der Waals surface area contributed by atoms with Gasteiger partial charge in [-0.2, -0.15) is 0 Å². The van der Waals surface area contributed by atoms with Crippen LogP contribution < -0.4 is 85.9 Å². The summed E-state index contributed by atoms with van der Waals surface area (Å²) in [5, 5.41) is 82.5. The molecule has 0 spiro atoms. The third kappa shape index (κ3) is 33.7. The van der Waals surface area contributed by atoms with Gasteiger partial charge in [-0.1, -0.05) is 113 Å². The minimum atomic E-state index is -2.45. The lowest BCUT2D eigenvalue weighted by molar-refractivity contribution is -0.156. The van der Waals surface area contributed by atoms with Crippen molar-refractivity contribution in [3.8, 4) is 0 Å². The molecule has 5 rings (SSSR count). The van der Waals surface area contributed by atoms with Crippen LogP contribution in [0.2, 0.25) is 0 Å². The molecule has 0 aliphatic carbocycles. The number of hydrogen-bond acceptors (Lipinski definition) is 24. The van der Waals surface area contributed by atoms with Crippen molar-refractivity contribution in [2.24, 2.45) is 17.4 Å². The number of aliphatic hydroxyl groups excluding tert-OH is 1. The molecular formula is C79H107N17O26. The molecular weight excluding hydrogens is 1600 g/mol. The average molecular weight is 1710 g/mol. The zero-order valence-electron chi connectivity index (χ0n) is 67.6. The molecule has 1 saturated heterocycles. The van der Waals surface area contributed by atoms with Crippen LogP contribution in [-0.2, 0) is 109 Å². The zero-order valence-corrected chi connectivity index (χ0v) is 67.6. The molecule has 0 bridgehead atoms. The molecule has 1 aliphatic rings. The smallest absolute Gasteiger partial charge is 0.329 e. The third-order valence-corrected chi connectivity index (χ3v) is 19.2. The molecule has 14 amide bonds. The monoisotopic (exact) mass is 1710 g/mol. The summed E-state index contributed by atoms with van der Waals surface area (Å²) in [7, 11) is 0. The Hall–Kier alpha value is -13.5. The molecule has 1 aromatic heterocycles. The Balaban J connectivity index is 1.64. The maximum Gasteiger partial charge on any atom is 0.329 e. The normalized spacial score (nSPS) is 20.6. The van der Waals surface area contributed by atoms with Gasteiger partial charge >= 0.3 is 29.8 Å². The molecule has 3 aromatic carbocycles. The number of Topliss-reactive ketones (excluding diaryl/α,β-unsaturated/α-hetero) is 1. The fourth-order valence-corrected chi connectivity index (χ4v) is 12.7. The number of carbonyl (C=O) groups is 20. The number of H-pyrrole nitrogens is 1. The summed E-state index contributed by atoms with van der Waals surface area (Å²) in [4.78, 5) is 279. The lowest BCUT2D eigenvalue weighted by Crippen LogP contribution is -2.62. The van der Waals surface area contributed by atoms with Crippen LogP contribution in [-0.4, -0.2) is 248 Å². The molecule has 2 heterocycles. The Bertz CT molecular complexity index is 4410. The van der Waals surface area contributed by atoms with Gasteiger partial charge < -0.3 is 121 Å². The van der Waals surface area contributed by atoms with Crippen LogP contribution in [0.25, 0.3) is 10.9 Å². The van der Waals surface area contributed by atoms with Crippen LogP contribution in [0.15, 0.2) is 85.1 Å². The minimum absolute atomic E-state index is 0.0196. The number of aliphatic carboxylic acids is 4. The predicted octanol–water partition coefficient (Wildman–Crippen LogP) is -3.59. The van der Waals surface area contributed by atoms with E-state index >= 15 is 4.79 Å². The number of carboxylic acid groups (broad SMARTS) is 4. The number of cyclic esters (lactones) is 1. The van der Waals surface area contributed by atoms with Crippen LogP contribution in [0.3, 0.4) is 0 Å². The third-order valence-electron chi connectivity index (χ3n) is 19.2. The second kappa shape index (κ2) is 50.4. The van der Waals surface area contributed by atoms with Gasteiger partial charge in [0, 0.05) is 54.2 Å². The number of aromatic amines is 1. The molecule has 0 saturated carbocycles. The van der Waals surface area contributed by atoms with Gasteiger partial charge in [0.15, 0.2) is 5.78 Å². The molecule has 24 N–H and O–H groups in total. The molecule has 4 aromatic rings. The van der Waals surface area contributed by atoms with Gasteiger partial charge in [-0.25, -0.2) is 4.79 Å². The largest absolute Gasteiger partial charge is 0.481 e. The van der Waals surface area contributed by atoms with Crippen molar-refractivity contribution in [1.29, 1.82) is 0 Å². The lowest BCUT2D eigenvalue weighted by Gasteiger charge is -2.30. The zero-order chi connectivity index (χ0) is 90.3. The van der Waals surface area contributed by atoms with Crippen LogP contribution in [0.5, 0.6) is 0 Å². The molecule has 43 heteroatoms. The van der Waals surface area contributed by atoms with Crippen molar-refractivity contribution in [1.82, 2.24) is 74.1 Å². The predicted molar refractivity (Wildman–Crippen MR) is 430 cm³/mol. The number of nitrogens with two attached hydrogens (primary N) is 2. The van der Waals surface area contributed by atoms with Crippen molar-refractivity contribution in [3.05, 3.63) is 102 Å². The van der Waals surface area contributed by atoms with Gasteiger partial charge in [-0.05, 0) is 74.9 Å². The minimum Gasteiger partial charge on any atom is -0.481 e. The van der Waals surface area contributed by atoms with E-state index in [9.17, 15) is 117 Å². The first kappa shape index (κ1) is 99.1. The fourth-order valence-electron chi connectivity index (χ4n) is 12.7. The second-order valence-electron chi connectivity index (χ2n) is 29.0. The van der Waals surface area contributed by atoms with Crippen molar-refractivity contribution >= 4 is 135 Å². The standard InChI is InChI=1S/C79H107N17O26/c1-5-6-7-8-9-10-14-27-60(100)88-51(30-45-37-83-48-24-17-15-22-46(45)48)73(115)91-52(32-59(81)99)74(116)93-55(35-66(109)110)75(117)96-68-43(4)122-79(121)56(31-58(98)47-23-16-18-25-49(47)82-36-44-20-12-11-13-21-44)94-78(120)67(41(2)29-63(103)104)95-76(118)57(40-97)89-62(102)38-84-70(112)53(33-64(105)106)90-69(111)42(3)86-72(114)54(34-65(107)108)92-71(113)50(26-19-28-80)87-61(101)39-85-77(68)119/h11-13,15-18,20-25,37,41-43,50-57,67-68,82-83,97H,5-10,14,19,26-36,38-40,80H2,1-4H3,(H2,81,99)(H,84,112)(H,85,119)(H,86,114)(H,87,101)(H,88,100)(H,89,102)(H,90,111)(H,91,115)(H,92,113)(H,93,116)(H,94,120)(H,95,118)(H,96,117)(H,103,104)(H,105,106)(H,107,108)(H,109,110)/t41-,42-,43-,50+,51+,52-,53+,54+,55+,56+,57-,67+,68+/m1/s1. The number of esters is 1. The summed E-state index contributed by atoms with van der Waals surface area (Å²) in [6.07, 6.45) is -2.32. The second-order valence-corrected chi connectivity index (χ2v) is 29.0. The van der Waals surface area contributed by atoms with E-state index in [4.69, 9.17) is 16.2 Å². The molecule has 43 nitrogen and oxygen atoms in total. The molecule has 1 fully saturated rings. The number of benzene rings is 3. The Morgan fingerprint density at radius 3 is 1.70 bits per heavy atom. The quantitative estimate of drug-likeness (QED) is 0.0117. The van der Waals surface area contributed by atoms with Crippen LogP contribution in [0, 0.1) is 5.92 Å². The van der Waals surface area contributed by atoms with Crippen LogP contribution in [0.4, 0.5) is 5.69 Å². The van der Waals surface area contributed by atoms with Crippen LogP contribution >= 0.6 is 0 Å². The van der Waals surface area contributed by atoms with Gasteiger partial charge in [-0.15, -0.1) is 0 Å². The van der Waals surface area contributed by atoms with Gasteiger partial charge in [0.05, 0.1) is 51.8 Å². The van der Waals surface area contributed by atoms with E-state index in [0.717, 1.165) is 58.4 Å². The maximum atomic E-state index is 15.2. The van der Waals surface area contributed by atoms with E-state index in [1.54, 1.807) is 60.8 Å². The molecule has 664 valence electrons. The number of rotatable bonds is 38. The van der Waals surface area contributed by atoms with Crippen molar-refractivity contribution in [3.63, 3.8) is 0 Å². The highest BCUT2D eigenvalue weighted by Gasteiger charge is 2.41. The number of para-hydroxylation sites is 2. The summed E-state index contributed by atoms with van der Waals surface area (Å²) < 4.78 is 5.80. The van der Waals surface area contributed by atoms with E-state index in [1.165, 1.54) is 24.3 Å². The number of aromatic nitrogens is 1. The number of nitrogens with one attached hydrogen (secondary N) is 15. The number of aliphatic hydroxyl groups is 1. The Morgan fingerprint density at radius 1 is 0.533 bits per heavy atom. The van der Waals surface area contributed by atoms with Gasteiger partial charge in [-0.3, -0.25) is 91.1 Å². The number of unbranched alkanes of at least 4 members (excludes halogenated alkanes) is 6. The highest BCUT2D eigenvalue weighted by molar-refractivity contribution is 6.05. The lowest BCUT2D eigenvalue weighted by atomic mass is 9.95. The first-order valence-electron chi connectivity index (χ1n) is 39.4. The number of fused-ring (bicyclic) bond motifs is 1. The molecule has 122 heavy (non-hydrogen) atoms. The number of carboxylic acids is 4. The van der Waals surface area contributed by atoms with Crippen molar-refractivity contribution < 1.29 is 126 Å². The van der Waals surface area contributed by atoms with E-state index < -0.39 is 261 Å². The van der Waals surface area contributed by atoms with E-state index in [0.29, 0.717) is 29.3 Å². The number of ether oxygens (including phenoxy) is 1. The van der Waals surface area contributed by atoms with Gasteiger partial charge in [0.25, 0.3) is 0 Å². The van der Waals surface area contributed by atoms with E-state index in [1.807, 2.05) is 16.0 Å². The Morgan fingerprint density at radius 2 is 1.08 bits per heavy atom. The molecule has 0 radical (unpaired) electrons. The number of amides is 14. The molecule has 13 atom stereocenters. The Kier molecular flexibility index (Phi) is 41.0. The number of ketones is 1. The van der Waals surface area contributed by atoms with Crippen molar-refractivity contribution in [2.45, 2.75) is 216 Å². The van der Waals surface area contributed by atoms with E-state index in [2.05, 4.69) is 70.4 Å². The van der Waals surface area contributed by atoms with Gasteiger partial charge in [0.2, 0.25) is 82.7 Å². The van der Waals surface area contributed by atoms with Crippen molar-refractivity contribution in [2.75, 3.05) is 31.6 Å². The molecule has 0 unspecified atom stereocenters. The average Bonchev–Trinajstić information content (AvgIpc) is 1.78. The molecule has 1 aliphatic heterocycles. The number of primary amides is 1. The highest BCUT2D eigenvalue weighted by atomic mass is 16.5. The number of carbonyl (C=O) groups excluding carboxylic acids is 16. The first-order chi connectivity index (χ1) is 57.9. The summed E-state index contributed by atoms with van der Waals surface area (Å²) in [6.45, 7) is 1.26. The highest BCUT2D eigenvalue weighted by Crippen LogP contribution is 2.23. The summed E-state index contributed by atoms with van der Waals surface area (Å²) in [5.74, 6) is -29.6. The summed E-state index contributed by atoms with van der Waals surface area (Å²) >= 11 is 0. The van der Waals surface area contributed by atoms with E-state index in [-0.39, 0.29) is 43.6 Å². The van der Waals surface area contributed by atoms with Crippen LogP contribution in [0.1, 0.15) is 152 Å². The Labute approximate surface area is 699 Å².